The lowest BCUT2D eigenvalue weighted by atomic mass is 10.1. The van der Waals surface area contributed by atoms with Crippen molar-refractivity contribution in [2.75, 3.05) is 6.54 Å². The Kier molecular flexibility index (Phi) is 7.55. The zero-order chi connectivity index (χ0) is 17.5. The highest BCUT2D eigenvalue weighted by molar-refractivity contribution is 9.10. The molecule has 1 aromatic rings. The minimum Gasteiger partial charge on any atom is -0.444 e. The first-order valence-corrected chi connectivity index (χ1v) is 8.48. The van der Waals surface area contributed by atoms with Crippen LogP contribution in [0.2, 0.25) is 0 Å². The third-order valence-electron chi connectivity index (χ3n) is 2.98. The Morgan fingerprint density at radius 1 is 1.30 bits per heavy atom. The number of carbonyl (C=O) groups excluding carboxylic acids is 2. The Bertz CT molecular complexity index is 541. The Balaban J connectivity index is 2.26. The summed E-state index contributed by atoms with van der Waals surface area (Å²) in [7, 11) is 0. The van der Waals surface area contributed by atoms with Crippen LogP contribution in [0.25, 0.3) is 0 Å². The standard InChI is InChI=1S/C17H25BrN2O3/c1-12(13-7-5-8-14(18)11-13)20-15(21)9-6-10-19-16(22)23-17(2,3)4/h5,7-8,11-12H,6,9-10H2,1-4H3,(H,19,22)(H,20,21). The summed E-state index contributed by atoms with van der Waals surface area (Å²) in [5.74, 6) is -0.0385. The lowest BCUT2D eigenvalue weighted by molar-refractivity contribution is -0.121. The fraction of sp³-hybridized carbons (Fsp3) is 0.529. The average Bonchev–Trinajstić information content (AvgIpc) is 2.41. The molecule has 0 aliphatic rings. The molecule has 6 heteroatoms. The number of carbonyl (C=O) groups is 2. The summed E-state index contributed by atoms with van der Waals surface area (Å²) in [4.78, 5) is 23.4. The van der Waals surface area contributed by atoms with E-state index in [-0.39, 0.29) is 11.9 Å². The zero-order valence-electron chi connectivity index (χ0n) is 14.1. The highest BCUT2D eigenvalue weighted by Crippen LogP contribution is 2.17. The van der Waals surface area contributed by atoms with E-state index in [4.69, 9.17) is 4.74 Å². The van der Waals surface area contributed by atoms with Crippen LogP contribution in [0.4, 0.5) is 4.79 Å². The minimum atomic E-state index is -0.513. The topological polar surface area (TPSA) is 67.4 Å². The van der Waals surface area contributed by atoms with Gasteiger partial charge in [-0.25, -0.2) is 4.79 Å². The molecule has 0 saturated carbocycles. The number of alkyl carbamates (subject to hydrolysis) is 1. The highest BCUT2D eigenvalue weighted by Gasteiger charge is 2.15. The van der Waals surface area contributed by atoms with Crippen LogP contribution in [0, 0.1) is 0 Å². The quantitative estimate of drug-likeness (QED) is 0.730. The van der Waals surface area contributed by atoms with E-state index >= 15 is 0 Å². The molecular formula is C17H25BrN2O3. The number of benzene rings is 1. The number of rotatable bonds is 6. The van der Waals surface area contributed by atoms with Gasteiger partial charge in [0.15, 0.2) is 0 Å². The summed E-state index contributed by atoms with van der Waals surface area (Å²) in [5.41, 5.74) is 0.528. The van der Waals surface area contributed by atoms with Gasteiger partial charge in [-0.1, -0.05) is 28.1 Å². The van der Waals surface area contributed by atoms with E-state index in [0.29, 0.717) is 19.4 Å². The average molecular weight is 385 g/mol. The van der Waals surface area contributed by atoms with Crippen molar-refractivity contribution in [3.05, 3.63) is 34.3 Å². The van der Waals surface area contributed by atoms with Crippen molar-refractivity contribution in [2.45, 2.75) is 52.2 Å². The number of ether oxygens (including phenoxy) is 1. The second-order valence-electron chi connectivity index (χ2n) is 6.38. The summed E-state index contributed by atoms with van der Waals surface area (Å²) in [6.07, 6.45) is 0.463. The van der Waals surface area contributed by atoms with Gasteiger partial charge in [0, 0.05) is 17.4 Å². The van der Waals surface area contributed by atoms with E-state index in [0.717, 1.165) is 10.0 Å². The minimum absolute atomic E-state index is 0.0385. The smallest absolute Gasteiger partial charge is 0.407 e. The van der Waals surface area contributed by atoms with Gasteiger partial charge >= 0.3 is 6.09 Å². The molecule has 0 aliphatic carbocycles. The third-order valence-corrected chi connectivity index (χ3v) is 3.47. The highest BCUT2D eigenvalue weighted by atomic mass is 79.9. The van der Waals surface area contributed by atoms with Gasteiger partial charge in [0.25, 0.3) is 0 Å². The van der Waals surface area contributed by atoms with Crippen molar-refractivity contribution >= 4 is 27.9 Å². The Labute approximate surface area is 146 Å². The number of hydrogen-bond acceptors (Lipinski definition) is 3. The molecule has 23 heavy (non-hydrogen) atoms. The van der Waals surface area contributed by atoms with Crippen molar-refractivity contribution in [2.24, 2.45) is 0 Å². The lowest BCUT2D eigenvalue weighted by Gasteiger charge is -2.19. The van der Waals surface area contributed by atoms with E-state index < -0.39 is 11.7 Å². The second-order valence-corrected chi connectivity index (χ2v) is 7.29. The van der Waals surface area contributed by atoms with Gasteiger partial charge in [-0.2, -0.15) is 0 Å². The number of amides is 2. The van der Waals surface area contributed by atoms with Gasteiger partial charge in [-0.05, 0) is 51.8 Å². The molecule has 5 nitrogen and oxygen atoms in total. The van der Waals surface area contributed by atoms with Crippen LogP contribution in [-0.2, 0) is 9.53 Å². The second kappa shape index (κ2) is 8.91. The first-order chi connectivity index (χ1) is 10.7. The molecule has 1 aromatic carbocycles. The van der Waals surface area contributed by atoms with Crippen LogP contribution in [0.3, 0.4) is 0 Å². The molecule has 1 rings (SSSR count). The van der Waals surface area contributed by atoms with Crippen molar-refractivity contribution in [1.82, 2.24) is 10.6 Å². The maximum absolute atomic E-state index is 11.9. The van der Waals surface area contributed by atoms with E-state index in [2.05, 4.69) is 26.6 Å². The Morgan fingerprint density at radius 2 is 2.00 bits per heavy atom. The summed E-state index contributed by atoms with van der Waals surface area (Å²) >= 11 is 3.42. The van der Waals surface area contributed by atoms with Crippen LogP contribution in [-0.4, -0.2) is 24.1 Å². The fourth-order valence-corrected chi connectivity index (χ4v) is 2.34. The molecule has 0 radical (unpaired) electrons. The SMILES string of the molecule is CC(NC(=O)CCCNC(=O)OC(C)(C)C)c1cccc(Br)c1. The summed E-state index contributed by atoms with van der Waals surface area (Å²) in [6.45, 7) is 7.78. The van der Waals surface area contributed by atoms with Crippen LogP contribution >= 0.6 is 15.9 Å². The predicted molar refractivity (Wildman–Crippen MR) is 94.2 cm³/mol. The van der Waals surface area contributed by atoms with E-state index in [1.54, 1.807) is 0 Å². The molecule has 0 bridgehead atoms. The molecule has 128 valence electrons. The molecule has 0 spiro atoms. The normalized spacial score (nSPS) is 12.4. The van der Waals surface area contributed by atoms with E-state index in [1.165, 1.54) is 0 Å². The van der Waals surface area contributed by atoms with Crippen LogP contribution in [0.5, 0.6) is 0 Å². The molecule has 2 N–H and O–H groups in total. The van der Waals surface area contributed by atoms with Crippen molar-refractivity contribution in [3.63, 3.8) is 0 Å². The van der Waals surface area contributed by atoms with Crippen LogP contribution in [0.1, 0.15) is 52.1 Å². The monoisotopic (exact) mass is 384 g/mol. The molecule has 0 aliphatic heterocycles. The maximum Gasteiger partial charge on any atom is 0.407 e. The zero-order valence-corrected chi connectivity index (χ0v) is 15.7. The van der Waals surface area contributed by atoms with E-state index in [9.17, 15) is 9.59 Å². The van der Waals surface area contributed by atoms with Gasteiger partial charge in [-0.15, -0.1) is 0 Å². The molecule has 1 atom stereocenters. The summed E-state index contributed by atoms with van der Waals surface area (Å²) in [5, 5.41) is 5.59. The number of nitrogens with one attached hydrogen (secondary N) is 2. The molecule has 1 unspecified atom stereocenters. The summed E-state index contributed by atoms with van der Waals surface area (Å²) in [6, 6.07) is 7.78. The molecular weight excluding hydrogens is 360 g/mol. The number of hydrogen-bond donors (Lipinski definition) is 2. The Morgan fingerprint density at radius 3 is 2.61 bits per heavy atom. The molecule has 2 amide bonds. The van der Waals surface area contributed by atoms with Gasteiger partial charge in [-0.3, -0.25) is 4.79 Å². The van der Waals surface area contributed by atoms with Crippen molar-refractivity contribution in [3.8, 4) is 0 Å². The first-order valence-electron chi connectivity index (χ1n) is 7.69. The van der Waals surface area contributed by atoms with Crippen molar-refractivity contribution in [1.29, 1.82) is 0 Å². The third kappa shape index (κ3) is 8.59. The first kappa shape index (κ1) is 19.5. The maximum atomic E-state index is 11.9. The lowest BCUT2D eigenvalue weighted by Crippen LogP contribution is -2.33. The van der Waals surface area contributed by atoms with Crippen molar-refractivity contribution < 1.29 is 14.3 Å². The van der Waals surface area contributed by atoms with Crippen LogP contribution in [0.15, 0.2) is 28.7 Å². The summed E-state index contributed by atoms with van der Waals surface area (Å²) < 4.78 is 6.11. The van der Waals surface area contributed by atoms with Gasteiger partial charge in [0.2, 0.25) is 5.91 Å². The van der Waals surface area contributed by atoms with E-state index in [1.807, 2.05) is 52.0 Å². The van der Waals surface area contributed by atoms with Gasteiger partial charge in [0.05, 0.1) is 6.04 Å². The molecule has 0 heterocycles. The molecule has 0 fully saturated rings. The molecule has 0 saturated heterocycles. The largest absolute Gasteiger partial charge is 0.444 e. The predicted octanol–water partition coefficient (Wildman–Crippen LogP) is 3.93. The fourth-order valence-electron chi connectivity index (χ4n) is 1.93. The number of halogens is 1. The van der Waals surface area contributed by atoms with Crippen LogP contribution < -0.4 is 10.6 Å². The van der Waals surface area contributed by atoms with Gasteiger partial charge < -0.3 is 15.4 Å². The molecule has 0 aromatic heterocycles. The van der Waals surface area contributed by atoms with Gasteiger partial charge in [0.1, 0.15) is 5.60 Å². The Hall–Kier alpha value is -1.56.